The number of aromatic nitrogens is 1. The molecule has 0 unspecified atom stereocenters. The minimum atomic E-state index is -3.84. The van der Waals surface area contributed by atoms with Crippen molar-refractivity contribution in [2.24, 2.45) is 0 Å². The Morgan fingerprint density at radius 2 is 2.00 bits per heavy atom. The van der Waals surface area contributed by atoms with Gasteiger partial charge in [-0.25, -0.2) is 8.42 Å². The Labute approximate surface area is 119 Å². The molecule has 1 heterocycles. The monoisotopic (exact) mass is 309 g/mol. The number of benzene rings is 1. The van der Waals surface area contributed by atoms with E-state index < -0.39 is 15.6 Å². The predicted octanol–water partition coefficient (Wildman–Crippen LogP) is 1.70. The molecule has 1 aromatic carbocycles. The van der Waals surface area contributed by atoms with Crippen LogP contribution in [0.3, 0.4) is 0 Å². The normalized spacial score (nSPS) is 10.8. The molecule has 1 aromatic heterocycles. The fourth-order valence-corrected chi connectivity index (χ4v) is 2.63. The summed E-state index contributed by atoms with van der Waals surface area (Å²) in [5, 5.41) is 9.07. The van der Waals surface area contributed by atoms with Crippen molar-refractivity contribution in [3.05, 3.63) is 57.5 Å². The fourth-order valence-electron chi connectivity index (χ4n) is 1.45. The van der Waals surface area contributed by atoms with Gasteiger partial charge in [-0.1, -0.05) is 11.6 Å². The standard InChI is InChI=1S/C12H8ClN3O3S/c13-11-3-1-9(5-8(11)6-14)16-20(18,19)10-2-4-12(17)15-7-10/h1-5,7,16H,(H,15,17). The number of aromatic amines is 1. The third-order valence-corrected chi connectivity index (χ3v) is 4.11. The molecule has 0 saturated carbocycles. The first-order valence-corrected chi connectivity index (χ1v) is 7.20. The van der Waals surface area contributed by atoms with Crippen molar-refractivity contribution in [3.63, 3.8) is 0 Å². The largest absolute Gasteiger partial charge is 0.328 e. The number of nitrogens with zero attached hydrogens (tertiary/aromatic N) is 1. The number of sulfonamides is 1. The maximum absolute atomic E-state index is 12.0. The molecule has 102 valence electrons. The van der Waals surface area contributed by atoms with Gasteiger partial charge in [-0.05, 0) is 24.3 Å². The van der Waals surface area contributed by atoms with Crippen molar-refractivity contribution in [1.29, 1.82) is 5.26 Å². The van der Waals surface area contributed by atoms with Crippen molar-refractivity contribution in [1.82, 2.24) is 4.98 Å². The van der Waals surface area contributed by atoms with Gasteiger partial charge in [-0.2, -0.15) is 5.26 Å². The van der Waals surface area contributed by atoms with Crippen LogP contribution in [0.5, 0.6) is 0 Å². The van der Waals surface area contributed by atoms with Crippen molar-refractivity contribution in [2.45, 2.75) is 4.90 Å². The van der Waals surface area contributed by atoms with Gasteiger partial charge in [0.25, 0.3) is 10.0 Å². The van der Waals surface area contributed by atoms with Gasteiger partial charge in [0.1, 0.15) is 11.0 Å². The number of pyridine rings is 1. The zero-order valence-corrected chi connectivity index (χ0v) is 11.5. The lowest BCUT2D eigenvalue weighted by Gasteiger charge is -2.08. The Hall–Kier alpha value is -2.30. The average Bonchev–Trinajstić information content (AvgIpc) is 2.41. The highest BCUT2D eigenvalue weighted by Gasteiger charge is 2.14. The molecule has 0 aliphatic rings. The number of hydrogen-bond donors (Lipinski definition) is 2. The van der Waals surface area contributed by atoms with Gasteiger partial charge in [0.15, 0.2) is 0 Å². The molecule has 0 bridgehead atoms. The Bertz CT molecular complexity index is 832. The number of nitrogens with one attached hydrogen (secondary N) is 2. The zero-order valence-electron chi connectivity index (χ0n) is 9.92. The van der Waals surface area contributed by atoms with Crippen LogP contribution in [-0.2, 0) is 10.0 Å². The van der Waals surface area contributed by atoms with Crippen molar-refractivity contribution in [3.8, 4) is 6.07 Å². The molecule has 0 radical (unpaired) electrons. The van der Waals surface area contributed by atoms with E-state index in [-0.39, 0.29) is 21.2 Å². The molecule has 2 rings (SSSR count). The first-order valence-electron chi connectivity index (χ1n) is 5.33. The summed E-state index contributed by atoms with van der Waals surface area (Å²) in [5.74, 6) is 0. The van der Waals surface area contributed by atoms with Gasteiger partial charge in [-0.15, -0.1) is 0 Å². The molecule has 0 saturated heterocycles. The molecule has 0 aliphatic heterocycles. The van der Waals surface area contributed by atoms with Crippen LogP contribution in [0.2, 0.25) is 5.02 Å². The van der Waals surface area contributed by atoms with Crippen LogP contribution in [0.1, 0.15) is 5.56 Å². The summed E-state index contributed by atoms with van der Waals surface area (Å²) >= 11 is 5.76. The van der Waals surface area contributed by atoms with E-state index in [2.05, 4.69) is 9.71 Å². The average molecular weight is 310 g/mol. The summed E-state index contributed by atoms with van der Waals surface area (Å²) in [4.78, 5) is 13.1. The molecular weight excluding hydrogens is 302 g/mol. The highest BCUT2D eigenvalue weighted by atomic mass is 35.5. The second kappa shape index (κ2) is 5.36. The van der Waals surface area contributed by atoms with Gasteiger partial charge < -0.3 is 4.98 Å². The lowest BCUT2D eigenvalue weighted by molar-refractivity contribution is 0.600. The molecule has 0 aliphatic carbocycles. The second-order valence-electron chi connectivity index (χ2n) is 3.80. The maximum atomic E-state index is 12.0. The number of nitriles is 1. The molecular formula is C12H8ClN3O3S. The summed E-state index contributed by atoms with van der Waals surface area (Å²) in [6, 6.07) is 8.33. The SMILES string of the molecule is N#Cc1cc(NS(=O)(=O)c2ccc(=O)[nH]c2)ccc1Cl. The van der Waals surface area contributed by atoms with Crippen LogP contribution >= 0.6 is 11.6 Å². The van der Waals surface area contributed by atoms with E-state index in [0.29, 0.717) is 0 Å². The number of hydrogen-bond acceptors (Lipinski definition) is 4. The summed E-state index contributed by atoms with van der Waals surface area (Å²) in [6.07, 6.45) is 1.09. The molecule has 0 fully saturated rings. The first kappa shape index (κ1) is 14.1. The molecule has 0 atom stereocenters. The van der Waals surface area contributed by atoms with Gasteiger partial charge >= 0.3 is 0 Å². The Balaban J connectivity index is 2.36. The van der Waals surface area contributed by atoms with E-state index in [0.717, 1.165) is 12.3 Å². The molecule has 2 N–H and O–H groups in total. The van der Waals surface area contributed by atoms with Crippen LogP contribution in [-0.4, -0.2) is 13.4 Å². The number of rotatable bonds is 3. The van der Waals surface area contributed by atoms with Crippen LogP contribution < -0.4 is 10.3 Å². The Morgan fingerprint density at radius 1 is 1.25 bits per heavy atom. The van der Waals surface area contributed by atoms with Gasteiger partial charge in [0.2, 0.25) is 5.56 Å². The molecule has 20 heavy (non-hydrogen) atoms. The molecule has 2 aromatic rings. The van der Waals surface area contributed by atoms with Crippen LogP contribution in [0, 0.1) is 11.3 Å². The Kier molecular flexibility index (Phi) is 3.79. The zero-order chi connectivity index (χ0) is 14.8. The van der Waals surface area contributed by atoms with E-state index in [9.17, 15) is 13.2 Å². The van der Waals surface area contributed by atoms with Crippen LogP contribution in [0.15, 0.2) is 46.2 Å². The number of anilines is 1. The smallest absolute Gasteiger partial charge is 0.263 e. The number of H-pyrrole nitrogens is 1. The van der Waals surface area contributed by atoms with Crippen molar-refractivity contribution < 1.29 is 8.42 Å². The van der Waals surface area contributed by atoms with Crippen molar-refractivity contribution >= 4 is 27.3 Å². The minimum Gasteiger partial charge on any atom is -0.328 e. The van der Waals surface area contributed by atoms with Crippen LogP contribution in [0.25, 0.3) is 0 Å². The van der Waals surface area contributed by atoms with E-state index in [1.54, 1.807) is 0 Å². The molecule has 8 heteroatoms. The van der Waals surface area contributed by atoms with E-state index in [1.165, 1.54) is 24.3 Å². The summed E-state index contributed by atoms with van der Waals surface area (Å²) in [5.41, 5.74) is -0.0345. The van der Waals surface area contributed by atoms with Gasteiger partial charge in [0, 0.05) is 12.3 Å². The lowest BCUT2D eigenvalue weighted by Crippen LogP contribution is -2.15. The van der Waals surface area contributed by atoms with E-state index in [1.807, 2.05) is 6.07 Å². The maximum Gasteiger partial charge on any atom is 0.263 e. The fraction of sp³-hybridized carbons (Fsp3) is 0. The summed E-state index contributed by atoms with van der Waals surface area (Å²) in [6.45, 7) is 0. The third kappa shape index (κ3) is 2.99. The van der Waals surface area contributed by atoms with Crippen LogP contribution in [0.4, 0.5) is 5.69 Å². The Morgan fingerprint density at radius 3 is 2.60 bits per heavy atom. The summed E-state index contributed by atoms with van der Waals surface area (Å²) < 4.78 is 26.4. The first-order chi connectivity index (χ1) is 9.42. The highest BCUT2D eigenvalue weighted by molar-refractivity contribution is 7.92. The highest BCUT2D eigenvalue weighted by Crippen LogP contribution is 2.21. The second-order valence-corrected chi connectivity index (χ2v) is 5.89. The van der Waals surface area contributed by atoms with Gasteiger partial charge in [-0.3, -0.25) is 9.52 Å². The predicted molar refractivity (Wildman–Crippen MR) is 74.0 cm³/mol. The molecule has 0 amide bonds. The van der Waals surface area contributed by atoms with E-state index >= 15 is 0 Å². The molecule has 0 spiro atoms. The minimum absolute atomic E-state index is 0.0921. The molecule has 6 nitrogen and oxygen atoms in total. The quantitative estimate of drug-likeness (QED) is 0.900. The van der Waals surface area contributed by atoms with Crippen molar-refractivity contribution in [2.75, 3.05) is 4.72 Å². The topological polar surface area (TPSA) is 103 Å². The number of halogens is 1. The van der Waals surface area contributed by atoms with Gasteiger partial charge in [0.05, 0.1) is 16.3 Å². The lowest BCUT2D eigenvalue weighted by atomic mass is 10.2. The third-order valence-electron chi connectivity index (χ3n) is 2.40. The van der Waals surface area contributed by atoms with E-state index in [4.69, 9.17) is 16.9 Å². The summed E-state index contributed by atoms with van der Waals surface area (Å²) in [7, 11) is -3.84.